The number of nitrogens with one attached hydrogen (secondary N) is 2. The molecule has 0 saturated heterocycles. The number of rotatable bonds is 3. The maximum absolute atomic E-state index is 11.9. The Bertz CT molecular complexity index is 544. The van der Waals surface area contributed by atoms with Crippen LogP contribution in [0, 0.1) is 6.92 Å². The second-order valence-corrected chi connectivity index (χ2v) is 4.02. The van der Waals surface area contributed by atoms with E-state index in [0.717, 1.165) is 0 Å². The summed E-state index contributed by atoms with van der Waals surface area (Å²) in [6.45, 7) is 2.97. The second-order valence-electron chi connectivity index (χ2n) is 4.02. The first-order valence-corrected chi connectivity index (χ1v) is 5.80. The topological polar surface area (TPSA) is 123 Å². The molecule has 1 aromatic rings. The Balaban J connectivity index is 2.72. The third-order valence-electron chi connectivity index (χ3n) is 2.44. The average Bonchev–Trinajstić information content (AvgIpc) is 2.40. The Hall–Kier alpha value is -2.64. The standard InChI is InChI=1S/C12H16N4O4/c1-6-9(4-8(13)5-15-6)11(18)20-7(2)10(17)16-12(19)14-3/h4-5,7H,13H2,1-3H3,(H2,14,16,17,19). The van der Waals surface area contributed by atoms with Crippen LogP contribution in [0.1, 0.15) is 23.0 Å². The van der Waals surface area contributed by atoms with Crippen LogP contribution in [0.15, 0.2) is 12.3 Å². The van der Waals surface area contributed by atoms with Gasteiger partial charge in [0.25, 0.3) is 5.91 Å². The van der Waals surface area contributed by atoms with Crippen LogP contribution in [0.3, 0.4) is 0 Å². The molecule has 8 nitrogen and oxygen atoms in total. The molecule has 0 bridgehead atoms. The van der Waals surface area contributed by atoms with Gasteiger partial charge in [-0.15, -0.1) is 0 Å². The summed E-state index contributed by atoms with van der Waals surface area (Å²) < 4.78 is 4.95. The minimum atomic E-state index is -1.12. The van der Waals surface area contributed by atoms with Crippen molar-refractivity contribution in [1.82, 2.24) is 15.6 Å². The van der Waals surface area contributed by atoms with E-state index in [-0.39, 0.29) is 5.56 Å². The van der Waals surface area contributed by atoms with Crippen LogP contribution in [-0.4, -0.2) is 36.0 Å². The SMILES string of the molecule is CNC(=O)NC(=O)C(C)OC(=O)c1cc(N)cnc1C. The van der Waals surface area contributed by atoms with Gasteiger partial charge in [0.15, 0.2) is 6.10 Å². The van der Waals surface area contributed by atoms with E-state index in [0.29, 0.717) is 11.4 Å². The zero-order valence-corrected chi connectivity index (χ0v) is 11.4. The van der Waals surface area contributed by atoms with Gasteiger partial charge in [-0.3, -0.25) is 15.1 Å². The monoisotopic (exact) mass is 280 g/mol. The fourth-order valence-corrected chi connectivity index (χ4v) is 1.31. The number of aromatic nitrogens is 1. The first-order valence-electron chi connectivity index (χ1n) is 5.80. The largest absolute Gasteiger partial charge is 0.449 e. The van der Waals surface area contributed by atoms with E-state index in [1.54, 1.807) is 6.92 Å². The van der Waals surface area contributed by atoms with Crippen molar-refractivity contribution in [1.29, 1.82) is 0 Å². The maximum Gasteiger partial charge on any atom is 0.340 e. The predicted octanol–water partition coefficient (Wildman–Crippen LogP) is -0.0269. The molecule has 0 aliphatic carbocycles. The van der Waals surface area contributed by atoms with Gasteiger partial charge in [-0.1, -0.05) is 0 Å². The summed E-state index contributed by atoms with van der Waals surface area (Å²) in [5.74, 6) is -1.46. The van der Waals surface area contributed by atoms with Crippen LogP contribution >= 0.6 is 0 Å². The lowest BCUT2D eigenvalue weighted by molar-refractivity contribution is -0.127. The molecule has 108 valence electrons. The fourth-order valence-electron chi connectivity index (χ4n) is 1.31. The molecule has 8 heteroatoms. The summed E-state index contributed by atoms with van der Waals surface area (Å²) >= 11 is 0. The smallest absolute Gasteiger partial charge is 0.340 e. The number of pyridine rings is 1. The highest BCUT2D eigenvalue weighted by Crippen LogP contribution is 2.12. The van der Waals surface area contributed by atoms with E-state index in [2.05, 4.69) is 10.3 Å². The molecule has 4 N–H and O–H groups in total. The number of carbonyl (C=O) groups is 3. The van der Waals surface area contributed by atoms with Crippen LogP contribution < -0.4 is 16.4 Å². The Morgan fingerprint density at radius 1 is 1.40 bits per heavy atom. The summed E-state index contributed by atoms with van der Waals surface area (Å²) in [5, 5.41) is 4.22. The summed E-state index contributed by atoms with van der Waals surface area (Å²) in [6, 6.07) is 0.730. The van der Waals surface area contributed by atoms with Gasteiger partial charge < -0.3 is 15.8 Å². The normalized spacial score (nSPS) is 11.3. The summed E-state index contributed by atoms with van der Waals surface area (Å²) in [7, 11) is 1.36. The maximum atomic E-state index is 11.9. The summed E-state index contributed by atoms with van der Waals surface area (Å²) in [6.07, 6.45) is 0.286. The molecule has 0 aliphatic heterocycles. The number of anilines is 1. The predicted molar refractivity (Wildman–Crippen MR) is 70.9 cm³/mol. The van der Waals surface area contributed by atoms with Gasteiger partial charge in [0.2, 0.25) is 0 Å². The molecule has 1 atom stereocenters. The third kappa shape index (κ3) is 3.94. The van der Waals surface area contributed by atoms with Crippen molar-refractivity contribution < 1.29 is 19.1 Å². The lowest BCUT2D eigenvalue weighted by Crippen LogP contribution is -2.43. The van der Waals surface area contributed by atoms with Gasteiger partial charge in [0, 0.05) is 7.05 Å². The number of ether oxygens (including phenoxy) is 1. The molecule has 1 unspecified atom stereocenters. The molecular weight excluding hydrogens is 264 g/mol. The van der Waals surface area contributed by atoms with Crippen molar-refractivity contribution in [3.05, 3.63) is 23.5 Å². The minimum absolute atomic E-state index is 0.171. The zero-order valence-electron chi connectivity index (χ0n) is 11.4. The number of hydrogen-bond donors (Lipinski definition) is 3. The van der Waals surface area contributed by atoms with E-state index in [4.69, 9.17) is 10.5 Å². The molecule has 0 spiro atoms. The Morgan fingerprint density at radius 3 is 2.65 bits per heavy atom. The van der Waals surface area contributed by atoms with Crippen LogP contribution in [-0.2, 0) is 9.53 Å². The number of nitrogens with two attached hydrogens (primary N) is 1. The number of hydrogen-bond acceptors (Lipinski definition) is 6. The highest BCUT2D eigenvalue weighted by molar-refractivity contribution is 5.98. The Kier molecular flexibility index (Phi) is 5.01. The highest BCUT2D eigenvalue weighted by Gasteiger charge is 2.21. The van der Waals surface area contributed by atoms with Crippen LogP contribution in [0.4, 0.5) is 10.5 Å². The average molecular weight is 280 g/mol. The van der Waals surface area contributed by atoms with Crippen molar-refractivity contribution >= 4 is 23.6 Å². The van der Waals surface area contributed by atoms with E-state index in [1.165, 1.54) is 26.2 Å². The molecule has 0 saturated carbocycles. The molecule has 0 aliphatic rings. The number of amides is 3. The van der Waals surface area contributed by atoms with Gasteiger partial charge >= 0.3 is 12.0 Å². The number of nitrogen functional groups attached to an aromatic ring is 1. The highest BCUT2D eigenvalue weighted by atomic mass is 16.5. The van der Waals surface area contributed by atoms with Gasteiger partial charge in [0.05, 0.1) is 23.1 Å². The van der Waals surface area contributed by atoms with E-state index in [1.807, 2.05) is 5.32 Å². The van der Waals surface area contributed by atoms with Crippen LogP contribution in [0.2, 0.25) is 0 Å². The molecule has 3 amide bonds. The molecular formula is C12H16N4O4. The number of urea groups is 1. The first-order chi connectivity index (χ1) is 9.35. The van der Waals surface area contributed by atoms with Gasteiger partial charge in [0.1, 0.15) is 0 Å². The summed E-state index contributed by atoms with van der Waals surface area (Å²) in [5.41, 5.74) is 6.45. The van der Waals surface area contributed by atoms with Gasteiger partial charge in [-0.2, -0.15) is 0 Å². The molecule has 0 fully saturated rings. The first kappa shape index (κ1) is 15.4. The van der Waals surface area contributed by atoms with Crippen LogP contribution in [0.5, 0.6) is 0 Å². The number of imide groups is 1. The van der Waals surface area contributed by atoms with Crippen molar-refractivity contribution in [2.45, 2.75) is 20.0 Å². The molecule has 1 aromatic heterocycles. The number of aryl methyl sites for hydroxylation is 1. The third-order valence-corrected chi connectivity index (χ3v) is 2.44. The zero-order chi connectivity index (χ0) is 15.3. The van der Waals surface area contributed by atoms with Crippen LogP contribution in [0.25, 0.3) is 0 Å². The minimum Gasteiger partial charge on any atom is -0.449 e. The van der Waals surface area contributed by atoms with E-state index >= 15 is 0 Å². The summed E-state index contributed by atoms with van der Waals surface area (Å²) in [4.78, 5) is 38.3. The number of nitrogens with zero attached hydrogens (tertiary/aromatic N) is 1. The Labute approximate surface area is 115 Å². The Morgan fingerprint density at radius 2 is 2.05 bits per heavy atom. The van der Waals surface area contributed by atoms with Gasteiger partial charge in [-0.05, 0) is 19.9 Å². The molecule has 1 heterocycles. The van der Waals surface area contributed by atoms with E-state index < -0.39 is 24.0 Å². The molecule has 0 radical (unpaired) electrons. The molecule has 0 aromatic carbocycles. The number of carbonyl (C=O) groups excluding carboxylic acids is 3. The lowest BCUT2D eigenvalue weighted by Gasteiger charge is -2.13. The van der Waals surface area contributed by atoms with Crippen molar-refractivity contribution in [2.24, 2.45) is 0 Å². The fraction of sp³-hybridized carbons (Fsp3) is 0.333. The van der Waals surface area contributed by atoms with E-state index in [9.17, 15) is 14.4 Å². The second kappa shape index (κ2) is 6.50. The van der Waals surface area contributed by atoms with Gasteiger partial charge in [-0.25, -0.2) is 9.59 Å². The van der Waals surface area contributed by atoms with Crippen molar-refractivity contribution in [3.8, 4) is 0 Å². The lowest BCUT2D eigenvalue weighted by atomic mass is 10.2. The molecule has 20 heavy (non-hydrogen) atoms. The van der Waals surface area contributed by atoms with Crippen molar-refractivity contribution in [2.75, 3.05) is 12.8 Å². The quantitative estimate of drug-likeness (QED) is 0.668. The number of esters is 1. The van der Waals surface area contributed by atoms with Crippen molar-refractivity contribution in [3.63, 3.8) is 0 Å². The molecule has 1 rings (SSSR count).